The molecule has 0 bridgehead atoms. The van der Waals surface area contributed by atoms with E-state index in [1.807, 2.05) is 6.07 Å². The summed E-state index contributed by atoms with van der Waals surface area (Å²) in [6, 6.07) is 8.75. The number of unbranched alkanes of at least 4 members (excludes halogenated alkanes) is 3. The number of ether oxygens (including phenoxy) is 1. The fourth-order valence-corrected chi connectivity index (χ4v) is 2.64. The minimum Gasteiger partial charge on any atom is -0.493 e. The van der Waals surface area contributed by atoms with Gasteiger partial charge in [-0.2, -0.15) is 0 Å². The Hall–Kier alpha value is -1.59. The summed E-state index contributed by atoms with van der Waals surface area (Å²) >= 11 is 9.15. The van der Waals surface area contributed by atoms with Gasteiger partial charge in [0, 0.05) is 4.47 Å². The Kier molecular flexibility index (Phi) is 7.53. The first-order valence-electron chi connectivity index (χ1n) is 7.95. The van der Waals surface area contributed by atoms with Crippen LogP contribution in [-0.4, -0.2) is 17.5 Å². The number of nitrogens with one attached hydrogen (secondary N) is 1. The number of amides is 1. The van der Waals surface area contributed by atoms with Crippen molar-refractivity contribution in [2.75, 3.05) is 11.9 Å². The number of hydrogen-bond acceptors (Lipinski definition) is 3. The summed E-state index contributed by atoms with van der Waals surface area (Å²) in [6.07, 6.45) is 6.00. The lowest BCUT2D eigenvalue weighted by Crippen LogP contribution is -2.14. The van der Waals surface area contributed by atoms with Gasteiger partial charge in [-0.3, -0.25) is 4.79 Å². The van der Waals surface area contributed by atoms with E-state index in [4.69, 9.17) is 16.3 Å². The first kappa shape index (κ1) is 18.7. The third-order valence-electron chi connectivity index (χ3n) is 3.43. The summed E-state index contributed by atoms with van der Waals surface area (Å²) in [7, 11) is 0. The zero-order valence-corrected chi connectivity index (χ0v) is 15.9. The number of carbonyl (C=O) groups is 1. The maximum absolute atomic E-state index is 12.5. The molecule has 0 unspecified atom stereocenters. The molecule has 1 heterocycles. The smallest absolute Gasteiger partial charge is 0.259 e. The Morgan fingerprint density at radius 3 is 2.79 bits per heavy atom. The van der Waals surface area contributed by atoms with Crippen LogP contribution < -0.4 is 10.1 Å². The molecule has 0 spiro atoms. The van der Waals surface area contributed by atoms with Gasteiger partial charge in [-0.25, -0.2) is 4.98 Å². The summed E-state index contributed by atoms with van der Waals surface area (Å²) in [6.45, 7) is 2.77. The molecule has 0 saturated carbocycles. The molecule has 1 aromatic carbocycles. The Bertz CT molecular complexity index is 677. The Morgan fingerprint density at radius 1 is 1.25 bits per heavy atom. The molecule has 0 aliphatic heterocycles. The predicted octanol–water partition coefficient (Wildman–Crippen LogP) is 5.71. The second-order valence-electron chi connectivity index (χ2n) is 5.37. The number of aromatic nitrogens is 1. The van der Waals surface area contributed by atoms with Crippen LogP contribution in [0.3, 0.4) is 0 Å². The topological polar surface area (TPSA) is 51.2 Å². The molecule has 2 aromatic rings. The zero-order valence-electron chi connectivity index (χ0n) is 13.5. The van der Waals surface area contributed by atoms with E-state index in [1.54, 1.807) is 24.3 Å². The van der Waals surface area contributed by atoms with E-state index in [0.29, 0.717) is 28.8 Å². The van der Waals surface area contributed by atoms with Crippen LogP contribution in [0.1, 0.15) is 43.0 Å². The van der Waals surface area contributed by atoms with Crippen molar-refractivity contribution >= 4 is 39.1 Å². The van der Waals surface area contributed by atoms with Crippen molar-refractivity contribution in [3.8, 4) is 5.75 Å². The molecule has 2 rings (SSSR count). The fourth-order valence-electron chi connectivity index (χ4n) is 2.16. The van der Waals surface area contributed by atoms with Crippen molar-refractivity contribution in [3.05, 3.63) is 51.7 Å². The van der Waals surface area contributed by atoms with Gasteiger partial charge in [0.05, 0.1) is 24.1 Å². The second-order valence-corrected chi connectivity index (χ2v) is 6.68. The summed E-state index contributed by atoms with van der Waals surface area (Å²) < 4.78 is 6.62. The van der Waals surface area contributed by atoms with Crippen LogP contribution in [0.5, 0.6) is 5.75 Å². The van der Waals surface area contributed by atoms with E-state index < -0.39 is 0 Å². The summed E-state index contributed by atoms with van der Waals surface area (Å²) in [4.78, 5) is 16.5. The molecular weight excluding hydrogens is 392 g/mol. The maximum atomic E-state index is 12.5. The predicted molar refractivity (Wildman–Crippen MR) is 101 cm³/mol. The van der Waals surface area contributed by atoms with E-state index in [2.05, 4.69) is 33.2 Å². The molecule has 1 aromatic heterocycles. The minimum atomic E-state index is -0.246. The van der Waals surface area contributed by atoms with Gasteiger partial charge in [0.15, 0.2) is 0 Å². The number of pyridine rings is 1. The first-order valence-corrected chi connectivity index (χ1v) is 9.12. The largest absolute Gasteiger partial charge is 0.493 e. The second kappa shape index (κ2) is 9.64. The highest BCUT2D eigenvalue weighted by Gasteiger charge is 2.14. The number of benzene rings is 1. The van der Waals surface area contributed by atoms with E-state index in [9.17, 15) is 4.79 Å². The standard InChI is InChI=1S/C18H20BrClN2O2/c1-2-3-4-5-10-24-16-8-6-13(19)11-15(16)18(23)22-14-7-9-17(20)21-12-14/h6-9,11-12H,2-5,10H2,1H3,(H,22,23). The van der Waals surface area contributed by atoms with Gasteiger partial charge in [-0.1, -0.05) is 53.7 Å². The van der Waals surface area contributed by atoms with Crippen LogP contribution in [0, 0.1) is 0 Å². The number of carbonyl (C=O) groups excluding carboxylic acids is 1. The van der Waals surface area contributed by atoms with E-state index in [0.717, 1.165) is 17.3 Å². The van der Waals surface area contributed by atoms with Crippen LogP contribution in [0.4, 0.5) is 5.69 Å². The van der Waals surface area contributed by atoms with Gasteiger partial charge in [-0.05, 0) is 36.8 Å². The molecule has 1 amide bonds. The third kappa shape index (κ3) is 5.80. The minimum absolute atomic E-state index is 0.246. The zero-order chi connectivity index (χ0) is 17.4. The van der Waals surface area contributed by atoms with Gasteiger partial charge in [-0.15, -0.1) is 0 Å². The highest BCUT2D eigenvalue weighted by molar-refractivity contribution is 9.10. The molecule has 0 saturated heterocycles. The van der Waals surface area contributed by atoms with Crippen molar-refractivity contribution in [2.24, 2.45) is 0 Å². The molecule has 24 heavy (non-hydrogen) atoms. The molecule has 0 atom stereocenters. The lowest BCUT2D eigenvalue weighted by Gasteiger charge is -2.12. The van der Waals surface area contributed by atoms with Gasteiger partial charge in [0.25, 0.3) is 5.91 Å². The fraction of sp³-hybridized carbons (Fsp3) is 0.333. The molecule has 1 N–H and O–H groups in total. The number of hydrogen-bond donors (Lipinski definition) is 1. The lowest BCUT2D eigenvalue weighted by molar-refractivity contribution is 0.102. The van der Waals surface area contributed by atoms with E-state index in [1.165, 1.54) is 19.0 Å². The molecule has 0 aliphatic rings. The van der Waals surface area contributed by atoms with Crippen LogP contribution in [-0.2, 0) is 0 Å². The lowest BCUT2D eigenvalue weighted by atomic mass is 10.2. The van der Waals surface area contributed by atoms with Gasteiger partial charge < -0.3 is 10.1 Å². The number of halogens is 2. The van der Waals surface area contributed by atoms with Crippen LogP contribution in [0.25, 0.3) is 0 Å². The van der Waals surface area contributed by atoms with Crippen molar-refractivity contribution in [2.45, 2.75) is 32.6 Å². The monoisotopic (exact) mass is 410 g/mol. The normalized spacial score (nSPS) is 10.5. The van der Waals surface area contributed by atoms with Crippen LogP contribution in [0.15, 0.2) is 41.0 Å². The molecule has 4 nitrogen and oxygen atoms in total. The van der Waals surface area contributed by atoms with Gasteiger partial charge in [0.2, 0.25) is 0 Å². The SMILES string of the molecule is CCCCCCOc1ccc(Br)cc1C(=O)Nc1ccc(Cl)nc1. The Labute approximate surface area is 155 Å². The summed E-state index contributed by atoms with van der Waals surface area (Å²) in [5, 5.41) is 3.18. The maximum Gasteiger partial charge on any atom is 0.259 e. The average Bonchev–Trinajstić information content (AvgIpc) is 2.58. The first-order chi connectivity index (χ1) is 11.6. The van der Waals surface area contributed by atoms with E-state index >= 15 is 0 Å². The summed E-state index contributed by atoms with van der Waals surface area (Å²) in [5.74, 6) is 0.332. The summed E-state index contributed by atoms with van der Waals surface area (Å²) in [5.41, 5.74) is 1.06. The molecule has 0 aliphatic carbocycles. The molecule has 6 heteroatoms. The van der Waals surface area contributed by atoms with Crippen molar-refractivity contribution in [1.29, 1.82) is 0 Å². The molecule has 0 fully saturated rings. The number of nitrogens with zero attached hydrogens (tertiary/aromatic N) is 1. The van der Waals surface area contributed by atoms with Crippen LogP contribution >= 0.6 is 27.5 Å². The molecular formula is C18H20BrClN2O2. The molecule has 128 valence electrons. The number of anilines is 1. The number of rotatable bonds is 8. The van der Waals surface area contributed by atoms with Gasteiger partial charge in [0.1, 0.15) is 10.9 Å². The van der Waals surface area contributed by atoms with Crippen molar-refractivity contribution < 1.29 is 9.53 Å². The quantitative estimate of drug-likeness (QED) is 0.447. The van der Waals surface area contributed by atoms with Crippen molar-refractivity contribution in [1.82, 2.24) is 4.98 Å². The van der Waals surface area contributed by atoms with Crippen LogP contribution in [0.2, 0.25) is 5.15 Å². The van der Waals surface area contributed by atoms with Gasteiger partial charge >= 0.3 is 0 Å². The molecule has 0 radical (unpaired) electrons. The Morgan fingerprint density at radius 2 is 2.08 bits per heavy atom. The van der Waals surface area contributed by atoms with E-state index in [-0.39, 0.29) is 5.91 Å². The highest BCUT2D eigenvalue weighted by atomic mass is 79.9. The Balaban J connectivity index is 2.05. The van der Waals surface area contributed by atoms with Crippen molar-refractivity contribution in [3.63, 3.8) is 0 Å². The highest BCUT2D eigenvalue weighted by Crippen LogP contribution is 2.25. The third-order valence-corrected chi connectivity index (χ3v) is 4.14. The average molecular weight is 412 g/mol.